The highest BCUT2D eigenvalue weighted by Gasteiger charge is 2.30. The highest BCUT2D eigenvalue weighted by molar-refractivity contribution is 7.20. The molecule has 0 bridgehead atoms. The molecule has 2 heterocycles. The first kappa shape index (κ1) is 20.5. The number of amides is 1. The summed E-state index contributed by atoms with van der Waals surface area (Å²) in [7, 11) is 0. The molecule has 2 aromatic heterocycles. The van der Waals surface area contributed by atoms with Crippen molar-refractivity contribution in [2.24, 2.45) is 11.8 Å². The third kappa shape index (κ3) is 3.97. The van der Waals surface area contributed by atoms with E-state index in [4.69, 9.17) is 4.74 Å². The molecule has 0 saturated heterocycles. The van der Waals surface area contributed by atoms with E-state index in [9.17, 15) is 14.4 Å². The standard InChI is InChI=1S/C20H27N3O4S/c1-9-7-6-8-14(10(9)2)23-17(24)12(4)27-20(26)16-11(3)15-18(25)21-13(5)22-19(15)28-16/h9-10,12,14H,6-8H2,1-5H3,(H,23,24)(H,21,22,25)/t9-,10+,12+,14+/m0/s1. The van der Waals surface area contributed by atoms with Crippen LogP contribution in [0.5, 0.6) is 0 Å². The van der Waals surface area contributed by atoms with E-state index in [1.807, 2.05) is 0 Å². The van der Waals surface area contributed by atoms with Crippen molar-refractivity contribution in [2.45, 2.75) is 66.0 Å². The van der Waals surface area contributed by atoms with Gasteiger partial charge in [-0.15, -0.1) is 11.3 Å². The summed E-state index contributed by atoms with van der Waals surface area (Å²) in [5, 5.41) is 3.43. The Labute approximate surface area is 167 Å². The van der Waals surface area contributed by atoms with Crippen molar-refractivity contribution in [1.82, 2.24) is 15.3 Å². The van der Waals surface area contributed by atoms with Gasteiger partial charge in [0.1, 0.15) is 15.5 Å². The predicted octanol–water partition coefficient (Wildman–Crippen LogP) is 3.09. The van der Waals surface area contributed by atoms with Gasteiger partial charge in [0.05, 0.1) is 5.39 Å². The molecule has 1 amide bonds. The Bertz CT molecular complexity index is 964. The van der Waals surface area contributed by atoms with Gasteiger partial charge < -0.3 is 15.0 Å². The fraction of sp³-hybridized carbons (Fsp3) is 0.600. The molecule has 0 radical (unpaired) electrons. The van der Waals surface area contributed by atoms with Crippen LogP contribution in [0.1, 0.15) is 61.1 Å². The predicted molar refractivity (Wildman–Crippen MR) is 109 cm³/mol. The molecule has 1 aliphatic carbocycles. The van der Waals surface area contributed by atoms with Crippen LogP contribution in [0, 0.1) is 25.7 Å². The quantitative estimate of drug-likeness (QED) is 0.761. The number of H-pyrrole nitrogens is 1. The molecule has 2 aromatic rings. The molecule has 1 aliphatic rings. The lowest BCUT2D eigenvalue weighted by atomic mass is 9.78. The van der Waals surface area contributed by atoms with Crippen LogP contribution in [0.2, 0.25) is 0 Å². The first-order chi connectivity index (χ1) is 13.2. The third-order valence-electron chi connectivity index (χ3n) is 5.79. The maximum atomic E-state index is 12.6. The van der Waals surface area contributed by atoms with E-state index in [0.717, 1.165) is 24.2 Å². The van der Waals surface area contributed by atoms with Crippen LogP contribution in [0.25, 0.3) is 10.2 Å². The molecule has 4 atom stereocenters. The SMILES string of the molecule is Cc1nc2sc(C(=O)O[C@H](C)C(=O)N[C@@H]3CCC[C@H](C)[C@H]3C)c(C)c2c(=O)[nH]1. The molecule has 28 heavy (non-hydrogen) atoms. The van der Waals surface area contributed by atoms with Gasteiger partial charge >= 0.3 is 5.97 Å². The second kappa shape index (κ2) is 8.03. The summed E-state index contributed by atoms with van der Waals surface area (Å²) >= 11 is 1.11. The molecule has 2 N–H and O–H groups in total. The fourth-order valence-electron chi connectivity index (χ4n) is 3.80. The Morgan fingerprint density at radius 2 is 2.00 bits per heavy atom. The number of nitrogens with zero attached hydrogens (tertiary/aromatic N) is 1. The number of carbonyl (C=O) groups is 2. The summed E-state index contributed by atoms with van der Waals surface area (Å²) in [6.07, 6.45) is 2.30. The molecule has 0 unspecified atom stereocenters. The van der Waals surface area contributed by atoms with Crippen molar-refractivity contribution in [3.8, 4) is 0 Å². The second-order valence-corrected chi connectivity index (χ2v) is 8.82. The number of carbonyl (C=O) groups excluding carboxylic acids is 2. The van der Waals surface area contributed by atoms with Gasteiger partial charge in [-0.1, -0.05) is 26.7 Å². The zero-order valence-corrected chi connectivity index (χ0v) is 17.7. The van der Waals surface area contributed by atoms with Gasteiger partial charge in [0.25, 0.3) is 11.5 Å². The number of aromatic amines is 1. The van der Waals surface area contributed by atoms with E-state index < -0.39 is 12.1 Å². The van der Waals surface area contributed by atoms with Crippen molar-refractivity contribution in [3.63, 3.8) is 0 Å². The number of nitrogens with one attached hydrogen (secondary N) is 2. The topological polar surface area (TPSA) is 101 Å². The number of ether oxygens (including phenoxy) is 1. The normalized spacial score (nSPS) is 23.4. The minimum Gasteiger partial charge on any atom is -0.448 e. The number of aromatic nitrogens is 2. The third-order valence-corrected chi connectivity index (χ3v) is 6.96. The van der Waals surface area contributed by atoms with Gasteiger partial charge in [-0.05, 0) is 44.6 Å². The Morgan fingerprint density at radius 3 is 2.71 bits per heavy atom. The van der Waals surface area contributed by atoms with E-state index in [2.05, 4.69) is 29.1 Å². The molecule has 0 aliphatic heterocycles. The molecule has 1 saturated carbocycles. The van der Waals surface area contributed by atoms with Gasteiger partial charge in [-0.25, -0.2) is 9.78 Å². The largest absolute Gasteiger partial charge is 0.448 e. The lowest BCUT2D eigenvalue weighted by Crippen LogP contribution is -2.47. The monoisotopic (exact) mass is 405 g/mol. The van der Waals surface area contributed by atoms with Crippen LogP contribution in [-0.4, -0.2) is 34.0 Å². The smallest absolute Gasteiger partial charge is 0.349 e. The van der Waals surface area contributed by atoms with E-state index in [-0.39, 0.29) is 17.5 Å². The lowest BCUT2D eigenvalue weighted by Gasteiger charge is -2.35. The maximum Gasteiger partial charge on any atom is 0.349 e. The average molecular weight is 406 g/mol. The van der Waals surface area contributed by atoms with Crippen LogP contribution in [0.15, 0.2) is 4.79 Å². The number of fused-ring (bicyclic) bond motifs is 1. The summed E-state index contributed by atoms with van der Waals surface area (Å²) in [5.74, 6) is 0.552. The molecule has 1 fully saturated rings. The second-order valence-electron chi connectivity index (χ2n) is 7.82. The highest BCUT2D eigenvalue weighted by Crippen LogP contribution is 2.30. The molecule has 152 valence electrons. The van der Waals surface area contributed by atoms with Crippen molar-refractivity contribution in [1.29, 1.82) is 0 Å². The summed E-state index contributed by atoms with van der Waals surface area (Å²) < 4.78 is 5.40. The minimum absolute atomic E-state index is 0.106. The van der Waals surface area contributed by atoms with Crippen molar-refractivity contribution in [3.05, 3.63) is 26.6 Å². The van der Waals surface area contributed by atoms with Gasteiger partial charge in [0, 0.05) is 6.04 Å². The Kier molecular flexibility index (Phi) is 5.88. The molecular weight excluding hydrogens is 378 g/mol. The van der Waals surface area contributed by atoms with Gasteiger partial charge in [-0.2, -0.15) is 0 Å². The Balaban J connectivity index is 1.71. The summed E-state index contributed by atoms with van der Waals surface area (Å²) in [5.41, 5.74) is 0.252. The number of hydrogen-bond donors (Lipinski definition) is 2. The van der Waals surface area contributed by atoms with Crippen molar-refractivity contribution < 1.29 is 14.3 Å². The molecule has 0 aromatic carbocycles. The summed E-state index contributed by atoms with van der Waals surface area (Å²) in [6.45, 7) is 9.31. The average Bonchev–Trinajstić information content (AvgIpc) is 2.95. The first-order valence-corrected chi connectivity index (χ1v) is 10.5. The molecule has 0 spiro atoms. The number of rotatable bonds is 4. The molecule has 3 rings (SSSR count). The fourth-order valence-corrected chi connectivity index (χ4v) is 4.91. The van der Waals surface area contributed by atoms with E-state index in [0.29, 0.717) is 38.3 Å². The summed E-state index contributed by atoms with van der Waals surface area (Å²) in [4.78, 5) is 45.0. The van der Waals surface area contributed by atoms with Crippen LogP contribution in [0.3, 0.4) is 0 Å². The van der Waals surface area contributed by atoms with Crippen molar-refractivity contribution >= 4 is 33.4 Å². The zero-order chi connectivity index (χ0) is 20.6. The van der Waals surface area contributed by atoms with Crippen LogP contribution >= 0.6 is 11.3 Å². The molecule has 7 nitrogen and oxygen atoms in total. The van der Waals surface area contributed by atoms with E-state index >= 15 is 0 Å². The number of aryl methyl sites for hydroxylation is 2. The van der Waals surface area contributed by atoms with Crippen LogP contribution in [0.4, 0.5) is 0 Å². The molecule has 8 heteroatoms. The van der Waals surface area contributed by atoms with Crippen LogP contribution < -0.4 is 10.9 Å². The number of esters is 1. The number of hydrogen-bond acceptors (Lipinski definition) is 6. The zero-order valence-electron chi connectivity index (χ0n) is 16.9. The Hall–Kier alpha value is -2.22. The Morgan fingerprint density at radius 1 is 1.29 bits per heavy atom. The van der Waals surface area contributed by atoms with Gasteiger partial charge in [0.2, 0.25) is 0 Å². The summed E-state index contributed by atoms with van der Waals surface area (Å²) in [6, 6.07) is 0.106. The highest BCUT2D eigenvalue weighted by atomic mass is 32.1. The maximum absolute atomic E-state index is 12.6. The van der Waals surface area contributed by atoms with Crippen molar-refractivity contribution in [2.75, 3.05) is 0 Å². The van der Waals surface area contributed by atoms with Gasteiger partial charge in [0.15, 0.2) is 6.10 Å². The van der Waals surface area contributed by atoms with E-state index in [1.54, 1.807) is 20.8 Å². The minimum atomic E-state index is -0.908. The number of thiophene rings is 1. The van der Waals surface area contributed by atoms with E-state index in [1.165, 1.54) is 6.42 Å². The van der Waals surface area contributed by atoms with Gasteiger partial charge in [-0.3, -0.25) is 9.59 Å². The molecular formula is C20H27N3O4S. The first-order valence-electron chi connectivity index (χ1n) is 9.70. The van der Waals surface area contributed by atoms with Crippen LogP contribution in [-0.2, 0) is 9.53 Å². The lowest BCUT2D eigenvalue weighted by molar-refractivity contribution is -0.130.